The number of aryl methyl sites for hydroxylation is 1. The van der Waals surface area contributed by atoms with Crippen LogP contribution in [0, 0.1) is 6.92 Å². The summed E-state index contributed by atoms with van der Waals surface area (Å²) in [7, 11) is 0. The number of benzene rings is 1. The molecular weight excluding hydrogens is 495 g/mol. The average Bonchev–Trinajstić information content (AvgIpc) is 2.67. The molecule has 0 aliphatic rings. The Hall–Kier alpha value is -2.19. The highest BCUT2D eigenvalue weighted by atomic mass is 35.5. The zero-order valence-corrected chi connectivity index (χ0v) is 23.2. The van der Waals surface area contributed by atoms with Crippen molar-refractivity contribution < 1.29 is 28.6 Å². The molecule has 0 aromatic heterocycles. The molecule has 0 aliphatic heterocycles. The van der Waals surface area contributed by atoms with Crippen LogP contribution in [0.5, 0.6) is 5.75 Å². The van der Waals surface area contributed by atoms with Gasteiger partial charge in [0.1, 0.15) is 17.0 Å². The van der Waals surface area contributed by atoms with Crippen molar-refractivity contribution in [1.82, 2.24) is 10.2 Å². The molecule has 0 aliphatic carbocycles. The van der Waals surface area contributed by atoms with Gasteiger partial charge in [0.25, 0.3) is 0 Å². The van der Waals surface area contributed by atoms with E-state index in [1.165, 1.54) is 4.90 Å². The quantitative estimate of drug-likeness (QED) is 0.318. The molecule has 0 heterocycles. The predicted molar refractivity (Wildman–Crippen MR) is 138 cm³/mol. The van der Waals surface area contributed by atoms with Gasteiger partial charge in [-0.05, 0) is 78.1 Å². The van der Waals surface area contributed by atoms with Crippen molar-refractivity contribution >= 4 is 41.4 Å². The van der Waals surface area contributed by atoms with E-state index in [2.05, 4.69) is 5.32 Å². The third-order valence-corrected chi connectivity index (χ3v) is 4.85. The molecular formula is C25H38Cl2N2O6. The molecule has 0 spiro atoms. The minimum atomic E-state index is -0.692. The topological polar surface area (TPSA) is 94.2 Å². The van der Waals surface area contributed by atoms with E-state index in [0.29, 0.717) is 25.3 Å². The van der Waals surface area contributed by atoms with Crippen molar-refractivity contribution in [3.05, 3.63) is 29.3 Å². The van der Waals surface area contributed by atoms with Crippen LogP contribution in [0.2, 0.25) is 0 Å². The van der Waals surface area contributed by atoms with Gasteiger partial charge in [0.05, 0.1) is 6.42 Å². The standard InChI is InChI=1S/C25H38Cl2N2O6/c1-17-8-9-20(33-23(32)29(12-10-26)13-11-27)15-18(17)14-19(16-21(30)34-24(2,3)4)28-22(31)35-25(5,6)7/h8-9,15,19H,10-14,16H2,1-7H3,(H,28,31). The first-order valence-corrected chi connectivity index (χ1v) is 12.6. The molecule has 0 bridgehead atoms. The second-order valence-corrected chi connectivity index (χ2v) is 10.9. The van der Waals surface area contributed by atoms with Crippen LogP contribution in [0.1, 0.15) is 59.1 Å². The van der Waals surface area contributed by atoms with Crippen LogP contribution >= 0.6 is 23.2 Å². The molecule has 35 heavy (non-hydrogen) atoms. The number of carbonyl (C=O) groups excluding carboxylic acids is 3. The van der Waals surface area contributed by atoms with Crippen LogP contribution in [0.3, 0.4) is 0 Å². The summed E-state index contributed by atoms with van der Waals surface area (Å²) in [6.45, 7) is 13.1. The molecule has 1 aromatic carbocycles. The lowest BCUT2D eigenvalue weighted by molar-refractivity contribution is -0.155. The van der Waals surface area contributed by atoms with E-state index in [1.54, 1.807) is 53.7 Å². The third kappa shape index (κ3) is 12.9. The van der Waals surface area contributed by atoms with Gasteiger partial charge in [-0.25, -0.2) is 9.59 Å². The lowest BCUT2D eigenvalue weighted by atomic mass is 9.98. The van der Waals surface area contributed by atoms with Crippen molar-refractivity contribution in [2.75, 3.05) is 24.8 Å². The molecule has 0 saturated carbocycles. The van der Waals surface area contributed by atoms with Crippen LogP contribution in [-0.4, -0.2) is 65.1 Å². The van der Waals surface area contributed by atoms with Gasteiger partial charge in [0, 0.05) is 30.9 Å². The monoisotopic (exact) mass is 532 g/mol. The summed E-state index contributed by atoms with van der Waals surface area (Å²) in [4.78, 5) is 38.9. The highest BCUT2D eigenvalue weighted by Gasteiger charge is 2.25. The van der Waals surface area contributed by atoms with Gasteiger partial charge in [-0.3, -0.25) is 4.79 Å². The molecule has 1 N–H and O–H groups in total. The van der Waals surface area contributed by atoms with E-state index in [-0.39, 0.29) is 18.2 Å². The van der Waals surface area contributed by atoms with Crippen molar-refractivity contribution in [3.8, 4) is 5.75 Å². The molecule has 0 radical (unpaired) electrons. The first-order chi connectivity index (χ1) is 16.1. The molecule has 1 unspecified atom stereocenters. The maximum Gasteiger partial charge on any atom is 0.415 e. The summed E-state index contributed by atoms with van der Waals surface area (Å²) < 4.78 is 16.3. The summed E-state index contributed by atoms with van der Waals surface area (Å²) in [6, 6.07) is 4.60. The van der Waals surface area contributed by atoms with Gasteiger partial charge in [0.15, 0.2) is 0 Å². The maximum absolute atomic E-state index is 12.5. The maximum atomic E-state index is 12.5. The highest BCUT2D eigenvalue weighted by molar-refractivity contribution is 6.18. The Morgan fingerprint density at radius 1 is 0.971 bits per heavy atom. The summed E-state index contributed by atoms with van der Waals surface area (Å²) in [5.41, 5.74) is 0.349. The van der Waals surface area contributed by atoms with Crippen LogP contribution in [0.15, 0.2) is 18.2 Å². The molecule has 2 amide bonds. The largest absolute Gasteiger partial charge is 0.460 e. The number of hydrogen-bond donors (Lipinski definition) is 1. The van der Waals surface area contributed by atoms with E-state index in [9.17, 15) is 14.4 Å². The zero-order chi connectivity index (χ0) is 26.8. The lowest BCUT2D eigenvalue weighted by Gasteiger charge is -2.25. The van der Waals surface area contributed by atoms with Crippen molar-refractivity contribution in [2.24, 2.45) is 0 Å². The number of carbonyl (C=O) groups is 3. The van der Waals surface area contributed by atoms with Gasteiger partial charge in [0.2, 0.25) is 0 Å². The van der Waals surface area contributed by atoms with Crippen LogP contribution in [0.4, 0.5) is 9.59 Å². The summed E-state index contributed by atoms with van der Waals surface area (Å²) >= 11 is 11.5. The number of alkyl halides is 2. The van der Waals surface area contributed by atoms with E-state index in [0.717, 1.165) is 11.1 Å². The summed E-state index contributed by atoms with van der Waals surface area (Å²) in [5.74, 6) is 0.399. The second-order valence-electron chi connectivity index (χ2n) is 10.2. The van der Waals surface area contributed by atoms with Crippen LogP contribution < -0.4 is 10.1 Å². The smallest absolute Gasteiger partial charge is 0.415 e. The normalized spacial score (nSPS) is 12.5. The van der Waals surface area contributed by atoms with Gasteiger partial charge in [-0.15, -0.1) is 23.2 Å². The Morgan fingerprint density at radius 3 is 2.06 bits per heavy atom. The zero-order valence-electron chi connectivity index (χ0n) is 21.7. The number of alkyl carbamates (subject to hydrolysis) is 1. The van der Waals surface area contributed by atoms with E-state index in [1.807, 2.05) is 13.0 Å². The number of nitrogens with one attached hydrogen (secondary N) is 1. The van der Waals surface area contributed by atoms with Gasteiger partial charge < -0.3 is 24.4 Å². The van der Waals surface area contributed by atoms with Crippen LogP contribution in [-0.2, 0) is 20.7 Å². The first kappa shape index (κ1) is 30.8. The third-order valence-electron chi connectivity index (χ3n) is 4.51. The molecule has 1 rings (SSSR count). The van der Waals surface area contributed by atoms with E-state index < -0.39 is 35.4 Å². The fourth-order valence-electron chi connectivity index (χ4n) is 3.09. The molecule has 1 atom stereocenters. The summed E-state index contributed by atoms with van der Waals surface area (Å²) in [6.07, 6.45) is -0.954. The fourth-order valence-corrected chi connectivity index (χ4v) is 3.50. The molecule has 8 nitrogen and oxygen atoms in total. The van der Waals surface area contributed by atoms with Gasteiger partial charge >= 0.3 is 18.2 Å². The van der Waals surface area contributed by atoms with Crippen molar-refractivity contribution in [3.63, 3.8) is 0 Å². The minimum Gasteiger partial charge on any atom is -0.460 e. The Morgan fingerprint density at radius 2 is 1.54 bits per heavy atom. The Balaban J connectivity index is 3.08. The molecule has 198 valence electrons. The minimum absolute atomic E-state index is 0.0564. The number of nitrogens with zero attached hydrogens (tertiary/aromatic N) is 1. The van der Waals surface area contributed by atoms with Crippen LogP contribution in [0.25, 0.3) is 0 Å². The Kier molecular flexibility index (Phi) is 12.1. The predicted octanol–water partition coefficient (Wildman–Crippen LogP) is 5.44. The number of hydrogen-bond acceptors (Lipinski definition) is 6. The number of halogens is 2. The Bertz CT molecular complexity index is 828. The molecule has 0 saturated heterocycles. The molecule has 10 heteroatoms. The first-order valence-electron chi connectivity index (χ1n) is 11.5. The van der Waals surface area contributed by atoms with Crippen molar-refractivity contribution in [1.29, 1.82) is 0 Å². The molecule has 0 fully saturated rings. The van der Waals surface area contributed by atoms with Gasteiger partial charge in [-0.2, -0.15) is 0 Å². The number of ether oxygens (including phenoxy) is 3. The Labute approximate surface area is 218 Å². The SMILES string of the molecule is Cc1ccc(OC(=O)N(CCCl)CCCl)cc1CC(CC(=O)OC(C)(C)C)NC(=O)OC(C)(C)C. The van der Waals surface area contributed by atoms with Gasteiger partial charge in [-0.1, -0.05) is 6.07 Å². The number of rotatable bonds is 10. The summed E-state index contributed by atoms with van der Waals surface area (Å²) in [5, 5.41) is 2.77. The number of esters is 1. The second kappa shape index (κ2) is 13.8. The van der Waals surface area contributed by atoms with Crippen molar-refractivity contribution in [2.45, 2.75) is 78.6 Å². The molecule has 1 aromatic rings. The van der Waals surface area contributed by atoms with E-state index in [4.69, 9.17) is 37.4 Å². The highest BCUT2D eigenvalue weighted by Crippen LogP contribution is 2.21. The lowest BCUT2D eigenvalue weighted by Crippen LogP contribution is -2.42. The fraction of sp³-hybridized carbons (Fsp3) is 0.640. The average molecular weight is 533 g/mol. The number of amides is 2. The van der Waals surface area contributed by atoms with E-state index >= 15 is 0 Å².